The first-order valence-corrected chi connectivity index (χ1v) is 19.0. The fraction of sp³-hybridized carbons (Fsp3) is 1.00. The molecule has 13 heteroatoms. The van der Waals surface area contributed by atoms with E-state index in [0.717, 1.165) is 77.0 Å². The zero-order valence-electron chi connectivity index (χ0n) is 24.3. The van der Waals surface area contributed by atoms with Crippen LogP contribution in [-0.2, 0) is 44.6 Å². The first-order valence-electron chi connectivity index (χ1n) is 13.8. The molecule has 0 fully saturated rings. The fourth-order valence-corrected chi connectivity index (χ4v) is 6.10. The molecule has 0 rings (SSSR count). The molecule has 3 N–H and O–H groups in total. The van der Waals surface area contributed by atoms with Crippen molar-refractivity contribution in [3.05, 3.63) is 0 Å². The Hall–Kier alpha value is 0.982. The summed E-state index contributed by atoms with van der Waals surface area (Å²) in [6.07, 6.45) is 11.5. The molecule has 0 saturated heterocycles. The third-order valence-electron chi connectivity index (χ3n) is 4.76. The van der Waals surface area contributed by atoms with Crippen LogP contribution in [-0.4, -0.2) is 53.0 Å². The van der Waals surface area contributed by atoms with Crippen LogP contribution in [0.25, 0.3) is 0 Å². The predicted molar refractivity (Wildman–Crippen MR) is 151 cm³/mol. The molecule has 0 spiro atoms. The maximum absolute atomic E-state index is 11.2. The summed E-state index contributed by atoms with van der Waals surface area (Å²) >= 11 is 0. The summed E-state index contributed by atoms with van der Waals surface area (Å²) in [6, 6.07) is 0. The van der Waals surface area contributed by atoms with Crippen LogP contribution in [0.1, 0.15) is 119 Å². The molecule has 0 heterocycles. The van der Waals surface area contributed by atoms with Gasteiger partial charge < -0.3 is 28.3 Å². The van der Waals surface area contributed by atoms with Gasteiger partial charge in [0, 0.05) is 35.8 Å². The summed E-state index contributed by atoms with van der Waals surface area (Å²) in [6.45, 7) is 13.3. The van der Waals surface area contributed by atoms with Gasteiger partial charge in [-0.1, -0.05) is 80.1 Å². The molecule has 0 bridgehead atoms. The minimum absolute atomic E-state index is 0. The smallest absolute Gasteiger partial charge is 0.324 e. The molecule has 228 valence electrons. The molecule has 37 heavy (non-hydrogen) atoms. The van der Waals surface area contributed by atoms with E-state index in [1.165, 1.54) is 0 Å². The Morgan fingerprint density at radius 1 is 0.432 bits per heavy atom. The Bertz CT molecular complexity index is 529. The molecule has 0 aliphatic carbocycles. The van der Waals surface area contributed by atoms with Gasteiger partial charge in [0.1, 0.15) is 0 Å². The van der Waals surface area contributed by atoms with Crippen molar-refractivity contribution in [1.29, 1.82) is 0 Å². The van der Waals surface area contributed by atoms with E-state index in [9.17, 15) is 28.4 Å². The molecular weight excluding hydrogens is 577 g/mol. The van der Waals surface area contributed by atoms with Gasteiger partial charge in [0.05, 0.1) is 19.8 Å². The van der Waals surface area contributed by atoms with Crippen molar-refractivity contribution in [2.24, 2.45) is 0 Å². The Morgan fingerprint density at radius 3 is 0.784 bits per heavy atom. The molecule has 0 aliphatic rings. The zero-order chi connectivity index (χ0) is 28.3. The van der Waals surface area contributed by atoms with Crippen LogP contribution in [0.15, 0.2) is 0 Å². The van der Waals surface area contributed by atoms with Crippen LogP contribution in [0, 0.1) is 0 Å². The van der Waals surface area contributed by atoms with Gasteiger partial charge in [-0.3, -0.25) is 13.7 Å². The van der Waals surface area contributed by atoms with E-state index in [0.29, 0.717) is 38.3 Å². The van der Waals surface area contributed by atoms with E-state index in [1.54, 1.807) is 0 Å². The zero-order valence-corrected chi connectivity index (χ0v) is 28.2. The SMILES string of the molecule is CCCCOP(=O)(O)CCCC.CCCCOP(=O)(O)CCCC.CCCCOP(=O)(O)CCCC.[Cr]. The van der Waals surface area contributed by atoms with Crippen LogP contribution in [0.3, 0.4) is 0 Å². The van der Waals surface area contributed by atoms with Gasteiger partial charge in [0.15, 0.2) is 0 Å². The van der Waals surface area contributed by atoms with Crippen molar-refractivity contribution in [2.75, 3.05) is 38.3 Å². The minimum Gasteiger partial charge on any atom is -0.324 e. The fourth-order valence-electron chi connectivity index (χ4n) is 2.32. The first-order chi connectivity index (χ1) is 16.9. The average molecular weight is 635 g/mol. The van der Waals surface area contributed by atoms with E-state index in [4.69, 9.17) is 13.6 Å². The summed E-state index contributed by atoms with van der Waals surface area (Å²) in [7, 11) is -9.72. The second-order valence-electron chi connectivity index (χ2n) is 8.70. The van der Waals surface area contributed by atoms with Crippen LogP contribution >= 0.6 is 22.8 Å². The van der Waals surface area contributed by atoms with Crippen molar-refractivity contribution in [3.63, 3.8) is 0 Å². The number of rotatable bonds is 21. The quantitative estimate of drug-likeness (QED) is 0.0839. The van der Waals surface area contributed by atoms with Crippen molar-refractivity contribution in [3.8, 4) is 0 Å². The van der Waals surface area contributed by atoms with E-state index in [2.05, 4.69) is 0 Å². The topological polar surface area (TPSA) is 140 Å². The van der Waals surface area contributed by atoms with Crippen molar-refractivity contribution >= 4 is 22.8 Å². The Morgan fingerprint density at radius 2 is 0.622 bits per heavy atom. The van der Waals surface area contributed by atoms with Gasteiger partial charge in [-0.05, 0) is 38.5 Å². The van der Waals surface area contributed by atoms with Crippen molar-refractivity contribution in [2.45, 2.75) is 119 Å². The molecule has 0 aromatic carbocycles. The molecule has 0 aromatic heterocycles. The van der Waals surface area contributed by atoms with Crippen molar-refractivity contribution < 1.29 is 59.3 Å². The monoisotopic (exact) mass is 634 g/mol. The maximum atomic E-state index is 11.2. The standard InChI is InChI=1S/3C8H19O3P.Cr/c3*1-3-5-7-11-12(9,10)8-6-4-2;/h3*3-8H2,1-2H3,(H,9,10);. The van der Waals surface area contributed by atoms with Gasteiger partial charge in [-0.2, -0.15) is 0 Å². The van der Waals surface area contributed by atoms with Gasteiger partial charge in [-0.15, -0.1) is 0 Å². The first kappa shape index (κ1) is 45.0. The Balaban J connectivity index is -0.000000218. The summed E-state index contributed by atoms with van der Waals surface area (Å²) in [4.78, 5) is 27.6. The predicted octanol–water partition coefficient (Wildman–Crippen LogP) is 8.36. The third kappa shape index (κ3) is 39.2. The summed E-state index contributed by atoms with van der Waals surface area (Å²) in [5.41, 5.74) is 0. The van der Waals surface area contributed by atoms with Crippen LogP contribution < -0.4 is 0 Å². The minimum atomic E-state index is -3.24. The summed E-state index contributed by atoms with van der Waals surface area (Å²) < 4.78 is 48.2. The van der Waals surface area contributed by atoms with Crippen LogP contribution in [0.4, 0.5) is 0 Å². The van der Waals surface area contributed by atoms with Gasteiger partial charge in [-0.25, -0.2) is 0 Å². The molecule has 0 saturated carbocycles. The maximum Gasteiger partial charge on any atom is 0.328 e. The number of hydrogen-bond acceptors (Lipinski definition) is 6. The second kappa shape index (κ2) is 30.0. The van der Waals surface area contributed by atoms with Crippen LogP contribution in [0.2, 0.25) is 0 Å². The third-order valence-corrected chi connectivity index (χ3v) is 9.16. The summed E-state index contributed by atoms with van der Waals surface area (Å²) in [5.74, 6) is 0. The van der Waals surface area contributed by atoms with E-state index < -0.39 is 22.8 Å². The van der Waals surface area contributed by atoms with Gasteiger partial charge >= 0.3 is 22.8 Å². The van der Waals surface area contributed by atoms with Crippen LogP contribution in [0.5, 0.6) is 0 Å². The Kier molecular flexibility index (Phi) is 36.4. The molecule has 0 aliphatic heterocycles. The Labute approximate surface area is 238 Å². The average Bonchev–Trinajstić information content (AvgIpc) is 2.81. The van der Waals surface area contributed by atoms with Gasteiger partial charge in [0.2, 0.25) is 0 Å². The van der Waals surface area contributed by atoms with E-state index in [1.807, 2.05) is 41.5 Å². The molecule has 3 atom stereocenters. The number of unbranched alkanes of at least 4 members (excludes halogenated alkanes) is 6. The largest absolute Gasteiger partial charge is 0.328 e. The van der Waals surface area contributed by atoms with Gasteiger partial charge in [0.25, 0.3) is 0 Å². The molecule has 0 aromatic rings. The molecular formula is C24H57CrO9P3. The molecule has 0 amide bonds. The van der Waals surface area contributed by atoms with E-state index >= 15 is 0 Å². The normalized spacial score (nSPS) is 15.5. The molecule has 0 radical (unpaired) electrons. The van der Waals surface area contributed by atoms with Crippen molar-refractivity contribution in [1.82, 2.24) is 0 Å². The molecule has 3 unspecified atom stereocenters. The summed E-state index contributed by atoms with van der Waals surface area (Å²) in [5, 5.41) is 0. The van der Waals surface area contributed by atoms with E-state index in [-0.39, 0.29) is 17.4 Å². The molecule has 9 nitrogen and oxygen atoms in total. The number of hydrogen-bond donors (Lipinski definition) is 3. The second-order valence-corrected chi connectivity index (χ2v) is 14.6.